The molecule has 2 aromatic heterocycles. The molecule has 192 valence electrons. The molecule has 0 aliphatic heterocycles. The van der Waals surface area contributed by atoms with Crippen LogP contribution in [0.2, 0.25) is 0 Å². The highest BCUT2D eigenvalue weighted by atomic mass is 32.1. The predicted molar refractivity (Wildman–Crippen MR) is 154 cm³/mol. The molecule has 0 saturated carbocycles. The zero-order chi connectivity index (χ0) is 27.0. The SMILES string of the molecule is COc1cc(-c2cc(-c3ccccc3)nc3sc(C(=O)c4ccc(C)cc4C)c(N)c23)cc(OC)c1OC. The van der Waals surface area contributed by atoms with E-state index < -0.39 is 0 Å². The number of ether oxygens (including phenoxy) is 3. The number of nitrogens with zero attached hydrogens (tertiary/aromatic N) is 1. The van der Waals surface area contributed by atoms with Gasteiger partial charge in [-0.1, -0.05) is 54.1 Å². The third kappa shape index (κ3) is 4.35. The van der Waals surface area contributed by atoms with Crippen LogP contribution in [0.1, 0.15) is 26.4 Å². The number of aryl methyl sites for hydroxylation is 2. The van der Waals surface area contributed by atoms with E-state index in [4.69, 9.17) is 24.9 Å². The number of benzene rings is 3. The van der Waals surface area contributed by atoms with Gasteiger partial charge in [-0.15, -0.1) is 11.3 Å². The molecule has 0 amide bonds. The average molecular weight is 525 g/mol. The van der Waals surface area contributed by atoms with E-state index in [0.29, 0.717) is 38.2 Å². The number of fused-ring (bicyclic) bond motifs is 1. The van der Waals surface area contributed by atoms with Crippen molar-refractivity contribution in [1.29, 1.82) is 0 Å². The van der Waals surface area contributed by atoms with E-state index in [9.17, 15) is 4.79 Å². The van der Waals surface area contributed by atoms with Crippen molar-refractivity contribution in [1.82, 2.24) is 4.98 Å². The molecule has 0 aliphatic rings. The fourth-order valence-electron chi connectivity index (χ4n) is 4.70. The summed E-state index contributed by atoms with van der Waals surface area (Å²) >= 11 is 1.31. The number of hydrogen-bond donors (Lipinski definition) is 1. The summed E-state index contributed by atoms with van der Waals surface area (Å²) < 4.78 is 16.8. The minimum Gasteiger partial charge on any atom is -0.493 e. The van der Waals surface area contributed by atoms with E-state index in [-0.39, 0.29) is 5.78 Å². The number of methoxy groups -OCH3 is 3. The Morgan fingerprint density at radius 1 is 0.842 bits per heavy atom. The quantitative estimate of drug-likeness (QED) is 0.229. The van der Waals surface area contributed by atoms with Gasteiger partial charge >= 0.3 is 0 Å². The second-order valence-electron chi connectivity index (χ2n) is 9.01. The van der Waals surface area contributed by atoms with Gasteiger partial charge in [0.25, 0.3) is 0 Å². The lowest BCUT2D eigenvalue weighted by Gasteiger charge is -2.15. The Balaban J connectivity index is 1.80. The van der Waals surface area contributed by atoms with Gasteiger partial charge in [0.15, 0.2) is 11.5 Å². The van der Waals surface area contributed by atoms with Gasteiger partial charge in [-0.05, 0) is 48.7 Å². The van der Waals surface area contributed by atoms with Crippen molar-refractivity contribution >= 4 is 33.0 Å². The largest absolute Gasteiger partial charge is 0.493 e. The number of pyridine rings is 1. The Kier molecular flexibility index (Phi) is 6.78. The summed E-state index contributed by atoms with van der Waals surface area (Å²) in [4.78, 5) is 19.8. The van der Waals surface area contributed by atoms with E-state index in [0.717, 1.165) is 38.9 Å². The first-order valence-corrected chi connectivity index (χ1v) is 12.9. The van der Waals surface area contributed by atoms with Crippen LogP contribution in [-0.2, 0) is 0 Å². The number of anilines is 1. The number of carbonyl (C=O) groups excluding carboxylic acids is 1. The van der Waals surface area contributed by atoms with Gasteiger partial charge in [-0.25, -0.2) is 4.98 Å². The Hall–Kier alpha value is -4.36. The maximum Gasteiger partial charge on any atom is 0.205 e. The van der Waals surface area contributed by atoms with Crippen LogP contribution in [-0.4, -0.2) is 32.1 Å². The van der Waals surface area contributed by atoms with Gasteiger partial charge in [-0.3, -0.25) is 4.79 Å². The minimum atomic E-state index is -0.111. The number of ketones is 1. The van der Waals surface area contributed by atoms with Crippen LogP contribution in [0, 0.1) is 13.8 Å². The van der Waals surface area contributed by atoms with Gasteiger partial charge in [0, 0.05) is 16.5 Å². The normalized spacial score (nSPS) is 11.0. The van der Waals surface area contributed by atoms with Crippen molar-refractivity contribution in [2.45, 2.75) is 13.8 Å². The zero-order valence-corrected chi connectivity index (χ0v) is 22.7. The molecule has 0 unspecified atom stereocenters. The Bertz CT molecular complexity index is 1650. The first kappa shape index (κ1) is 25.3. The first-order chi connectivity index (χ1) is 18.4. The number of nitrogens with two attached hydrogens (primary N) is 1. The summed E-state index contributed by atoms with van der Waals surface area (Å²) in [5, 5.41) is 0.720. The van der Waals surface area contributed by atoms with Crippen LogP contribution < -0.4 is 19.9 Å². The molecule has 0 aliphatic carbocycles. The van der Waals surface area contributed by atoms with E-state index in [1.165, 1.54) is 11.3 Å². The molecule has 2 N–H and O–H groups in total. The summed E-state index contributed by atoms with van der Waals surface area (Å²) in [6, 6.07) is 21.5. The molecule has 5 aromatic rings. The summed E-state index contributed by atoms with van der Waals surface area (Å²) in [5.74, 6) is 1.43. The summed E-state index contributed by atoms with van der Waals surface area (Å²) in [6.07, 6.45) is 0. The van der Waals surface area contributed by atoms with Gasteiger partial charge < -0.3 is 19.9 Å². The van der Waals surface area contributed by atoms with E-state index in [2.05, 4.69) is 0 Å². The fraction of sp³-hybridized carbons (Fsp3) is 0.161. The number of thiophene rings is 1. The number of hydrogen-bond acceptors (Lipinski definition) is 7. The molecule has 0 fully saturated rings. The van der Waals surface area contributed by atoms with Crippen molar-refractivity contribution < 1.29 is 19.0 Å². The fourth-order valence-corrected chi connectivity index (χ4v) is 5.78. The second kappa shape index (κ2) is 10.2. The third-order valence-electron chi connectivity index (χ3n) is 6.58. The average Bonchev–Trinajstić information content (AvgIpc) is 3.28. The lowest BCUT2D eigenvalue weighted by molar-refractivity contribution is 0.104. The minimum absolute atomic E-state index is 0.111. The smallest absolute Gasteiger partial charge is 0.205 e. The molecule has 0 radical (unpaired) electrons. The van der Waals surface area contributed by atoms with Crippen LogP contribution in [0.25, 0.3) is 32.6 Å². The van der Waals surface area contributed by atoms with Crippen LogP contribution in [0.3, 0.4) is 0 Å². The lowest BCUT2D eigenvalue weighted by Crippen LogP contribution is -2.04. The molecule has 0 bridgehead atoms. The second-order valence-corrected chi connectivity index (χ2v) is 10.0. The molecule has 0 spiro atoms. The zero-order valence-electron chi connectivity index (χ0n) is 21.9. The maximum absolute atomic E-state index is 13.7. The monoisotopic (exact) mass is 524 g/mol. The Labute approximate surface area is 225 Å². The molecule has 5 rings (SSSR count). The highest BCUT2D eigenvalue weighted by Crippen LogP contribution is 2.46. The van der Waals surface area contributed by atoms with Crippen molar-refractivity contribution in [2.24, 2.45) is 0 Å². The van der Waals surface area contributed by atoms with Crippen molar-refractivity contribution in [3.8, 4) is 39.6 Å². The molecule has 2 heterocycles. The highest BCUT2D eigenvalue weighted by Gasteiger charge is 2.25. The third-order valence-corrected chi connectivity index (χ3v) is 7.68. The number of rotatable bonds is 7. The van der Waals surface area contributed by atoms with Crippen molar-refractivity contribution in [3.05, 3.63) is 88.3 Å². The van der Waals surface area contributed by atoms with Crippen LogP contribution in [0.15, 0.2) is 66.7 Å². The number of carbonyl (C=O) groups is 1. The Morgan fingerprint density at radius 2 is 1.53 bits per heavy atom. The van der Waals surface area contributed by atoms with E-state index in [1.807, 2.05) is 80.6 Å². The van der Waals surface area contributed by atoms with Crippen LogP contribution in [0.4, 0.5) is 5.69 Å². The van der Waals surface area contributed by atoms with Crippen molar-refractivity contribution in [2.75, 3.05) is 27.1 Å². The summed E-state index contributed by atoms with van der Waals surface area (Å²) in [7, 11) is 4.73. The van der Waals surface area contributed by atoms with Crippen LogP contribution in [0.5, 0.6) is 17.2 Å². The molecule has 38 heavy (non-hydrogen) atoms. The molecular weight excluding hydrogens is 496 g/mol. The lowest BCUT2D eigenvalue weighted by atomic mass is 9.97. The first-order valence-electron chi connectivity index (χ1n) is 12.1. The van der Waals surface area contributed by atoms with Gasteiger partial charge in [-0.2, -0.15) is 0 Å². The van der Waals surface area contributed by atoms with Gasteiger partial charge in [0.05, 0.1) is 32.7 Å². The highest BCUT2D eigenvalue weighted by molar-refractivity contribution is 7.21. The number of nitrogen functional groups attached to an aromatic ring is 1. The molecule has 3 aromatic carbocycles. The molecular formula is C31H28N2O4S. The van der Waals surface area contributed by atoms with Crippen molar-refractivity contribution in [3.63, 3.8) is 0 Å². The molecule has 0 saturated heterocycles. The topological polar surface area (TPSA) is 83.7 Å². The predicted octanol–water partition coefficient (Wildman–Crippen LogP) is 7.09. The summed E-state index contributed by atoms with van der Waals surface area (Å²) in [6.45, 7) is 3.95. The summed E-state index contributed by atoms with van der Waals surface area (Å²) in [5.41, 5.74) is 13.1. The molecule has 0 atom stereocenters. The molecule has 6 nitrogen and oxygen atoms in total. The maximum atomic E-state index is 13.7. The van der Waals surface area contributed by atoms with Gasteiger partial charge in [0.1, 0.15) is 9.71 Å². The Morgan fingerprint density at radius 3 is 2.13 bits per heavy atom. The molecule has 7 heteroatoms. The standard InChI is InChI=1S/C31H28N2O4S/c1-17-11-12-21(18(2)13-17)28(34)30-27(32)26-22(20-14-24(35-3)29(37-5)25(15-20)36-4)16-23(33-31(26)38-30)19-9-7-6-8-10-19/h6-16H,32H2,1-5H3. The van der Waals surface area contributed by atoms with Crippen LogP contribution >= 0.6 is 11.3 Å². The van der Waals surface area contributed by atoms with Gasteiger partial charge in [0.2, 0.25) is 11.5 Å². The number of aromatic nitrogens is 1. The van der Waals surface area contributed by atoms with E-state index in [1.54, 1.807) is 21.3 Å². The van der Waals surface area contributed by atoms with E-state index >= 15 is 0 Å².